The van der Waals surface area contributed by atoms with Gasteiger partial charge in [-0.1, -0.05) is 6.07 Å². The molecule has 0 fully saturated rings. The van der Waals surface area contributed by atoms with E-state index in [-0.39, 0.29) is 11.7 Å². The van der Waals surface area contributed by atoms with Crippen LogP contribution in [0.25, 0.3) is 0 Å². The van der Waals surface area contributed by atoms with Crippen LogP contribution in [0.3, 0.4) is 0 Å². The Kier molecular flexibility index (Phi) is 2.53. The molecule has 0 aliphatic carbocycles. The number of benzene rings is 1. The molecule has 1 aliphatic heterocycles. The Hall–Kier alpha value is -1.71. The first kappa shape index (κ1) is 11.8. The monoisotopic (exact) mass is 235 g/mol. The van der Waals surface area contributed by atoms with Crippen molar-refractivity contribution >= 4 is 11.7 Å². The second-order valence-corrected chi connectivity index (χ2v) is 5.17. The fourth-order valence-corrected chi connectivity index (χ4v) is 2.43. The Balaban J connectivity index is 2.54. The van der Waals surface area contributed by atoms with Crippen LogP contribution in [0.1, 0.15) is 25.3 Å². The van der Waals surface area contributed by atoms with Crippen LogP contribution >= 0.6 is 0 Å². The van der Waals surface area contributed by atoms with E-state index in [1.807, 2.05) is 18.0 Å². The van der Waals surface area contributed by atoms with Crippen molar-refractivity contribution in [3.63, 3.8) is 0 Å². The normalized spacial score (nSPS) is 19.2. The summed E-state index contributed by atoms with van der Waals surface area (Å²) in [4.78, 5) is 13.3. The molecule has 0 saturated heterocycles. The summed E-state index contributed by atoms with van der Waals surface area (Å²) in [5.74, 6) is -0.848. The van der Waals surface area contributed by atoms with E-state index in [2.05, 4.69) is 0 Å². The molecule has 4 heteroatoms. The first-order valence-electron chi connectivity index (χ1n) is 5.62. The number of nitrogens with zero attached hydrogens (tertiary/aromatic N) is 1. The number of rotatable bonds is 2. The predicted octanol–water partition coefficient (Wildman–Crippen LogP) is 2.04. The molecule has 4 nitrogen and oxygen atoms in total. The van der Waals surface area contributed by atoms with Gasteiger partial charge in [0.2, 0.25) is 0 Å². The first-order valence-corrected chi connectivity index (χ1v) is 5.62. The summed E-state index contributed by atoms with van der Waals surface area (Å²) in [7, 11) is 1.91. The number of fused-ring (bicyclic) bond motifs is 1. The fourth-order valence-electron chi connectivity index (χ4n) is 2.43. The lowest BCUT2D eigenvalue weighted by atomic mass is 9.76. The summed E-state index contributed by atoms with van der Waals surface area (Å²) in [6, 6.07) is 5.30. The third kappa shape index (κ3) is 1.64. The second-order valence-electron chi connectivity index (χ2n) is 5.17. The van der Waals surface area contributed by atoms with Crippen molar-refractivity contribution in [1.29, 1.82) is 0 Å². The molecule has 1 aliphatic rings. The number of carboxylic acid groups (broad SMARTS) is 1. The van der Waals surface area contributed by atoms with Crippen LogP contribution in [0.2, 0.25) is 0 Å². The minimum Gasteiger partial charge on any atom is -0.508 e. The number of aromatic hydroxyl groups is 1. The second kappa shape index (κ2) is 3.65. The molecule has 0 amide bonds. The highest BCUT2D eigenvalue weighted by molar-refractivity contribution is 5.78. The van der Waals surface area contributed by atoms with Gasteiger partial charge in [-0.15, -0.1) is 0 Å². The number of phenolic OH excluding ortho intramolecular Hbond substituents is 1. The van der Waals surface area contributed by atoms with Gasteiger partial charge >= 0.3 is 5.97 Å². The van der Waals surface area contributed by atoms with E-state index < -0.39 is 11.4 Å². The van der Waals surface area contributed by atoms with Crippen molar-refractivity contribution in [3.8, 4) is 5.75 Å². The number of likely N-dealkylation sites (N-methyl/N-ethyl adjacent to an activating group) is 1. The van der Waals surface area contributed by atoms with Crippen molar-refractivity contribution < 1.29 is 15.0 Å². The van der Waals surface area contributed by atoms with Crippen LogP contribution in [0.4, 0.5) is 5.69 Å². The summed E-state index contributed by atoms with van der Waals surface area (Å²) in [5, 5.41) is 19.2. The average Bonchev–Trinajstić information content (AvgIpc) is 2.58. The van der Waals surface area contributed by atoms with E-state index >= 15 is 0 Å². The summed E-state index contributed by atoms with van der Waals surface area (Å²) in [6.45, 7) is 4.02. The zero-order valence-corrected chi connectivity index (χ0v) is 10.3. The molecule has 1 aromatic rings. The van der Waals surface area contributed by atoms with Gasteiger partial charge in [-0.2, -0.15) is 0 Å². The number of anilines is 1. The van der Waals surface area contributed by atoms with E-state index in [4.69, 9.17) is 0 Å². The van der Waals surface area contributed by atoms with Crippen molar-refractivity contribution in [2.75, 3.05) is 18.5 Å². The van der Waals surface area contributed by atoms with E-state index in [9.17, 15) is 15.0 Å². The molecule has 0 spiro atoms. The molecule has 1 heterocycles. The van der Waals surface area contributed by atoms with Crippen LogP contribution in [0, 0.1) is 5.41 Å². The minimum absolute atomic E-state index is 0.186. The zero-order chi connectivity index (χ0) is 12.8. The van der Waals surface area contributed by atoms with Crippen LogP contribution in [-0.2, 0) is 4.79 Å². The number of carboxylic acids is 1. The van der Waals surface area contributed by atoms with Crippen LogP contribution < -0.4 is 4.90 Å². The lowest BCUT2D eigenvalue weighted by Crippen LogP contribution is -2.33. The van der Waals surface area contributed by atoms with E-state index in [0.29, 0.717) is 6.54 Å². The number of phenols is 1. The van der Waals surface area contributed by atoms with Gasteiger partial charge in [0.15, 0.2) is 0 Å². The van der Waals surface area contributed by atoms with Gasteiger partial charge in [-0.25, -0.2) is 0 Å². The quantitative estimate of drug-likeness (QED) is 0.823. The Morgan fingerprint density at radius 3 is 2.71 bits per heavy atom. The van der Waals surface area contributed by atoms with Gasteiger partial charge in [0.1, 0.15) is 5.75 Å². The molecule has 2 rings (SSSR count). The molecule has 1 aromatic carbocycles. The van der Waals surface area contributed by atoms with Gasteiger partial charge in [0.25, 0.3) is 0 Å². The highest BCUT2D eigenvalue weighted by Crippen LogP contribution is 2.49. The average molecular weight is 235 g/mol. The largest absolute Gasteiger partial charge is 0.508 e. The molecular weight excluding hydrogens is 218 g/mol. The van der Waals surface area contributed by atoms with Crippen molar-refractivity contribution in [3.05, 3.63) is 23.8 Å². The highest BCUT2D eigenvalue weighted by Gasteiger charge is 2.44. The van der Waals surface area contributed by atoms with Crippen molar-refractivity contribution in [2.45, 2.75) is 19.8 Å². The Bertz CT molecular complexity index is 468. The molecule has 2 N–H and O–H groups in total. The van der Waals surface area contributed by atoms with Gasteiger partial charge in [0.05, 0.1) is 5.41 Å². The third-order valence-electron chi connectivity index (χ3n) is 3.70. The van der Waals surface area contributed by atoms with Gasteiger partial charge < -0.3 is 15.1 Å². The standard InChI is InChI=1S/C13H17NO3/c1-13(2,12(16)17)8-7-14(3)9-5-4-6-10(15)11(8)9/h4-6,8,15H,7H2,1-3H3,(H,16,17). The lowest BCUT2D eigenvalue weighted by Gasteiger charge is -2.27. The first-order chi connectivity index (χ1) is 7.85. The van der Waals surface area contributed by atoms with Gasteiger partial charge in [0, 0.05) is 30.8 Å². The Labute approximate surface area is 100 Å². The van der Waals surface area contributed by atoms with Gasteiger partial charge in [-0.05, 0) is 26.0 Å². The topological polar surface area (TPSA) is 60.8 Å². The maximum atomic E-state index is 11.3. The molecule has 0 bridgehead atoms. The predicted molar refractivity (Wildman–Crippen MR) is 65.5 cm³/mol. The maximum Gasteiger partial charge on any atom is 0.309 e. The van der Waals surface area contributed by atoms with Gasteiger partial charge in [-0.3, -0.25) is 4.79 Å². The SMILES string of the molecule is CN1CC(C(C)(C)C(=O)O)c2c(O)cccc21. The summed E-state index contributed by atoms with van der Waals surface area (Å²) in [6.07, 6.45) is 0. The smallest absolute Gasteiger partial charge is 0.309 e. The number of carbonyl (C=O) groups is 1. The molecule has 1 unspecified atom stereocenters. The third-order valence-corrected chi connectivity index (χ3v) is 3.70. The number of hydrogen-bond acceptors (Lipinski definition) is 3. The molecular formula is C13H17NO3. The summed E-state index contributed by atoms with van der Waals surface area (Å²) >= 11 is 0. The van der Waals surface area contributed by atoms with E-state index in [0.717, 1.165) is 11.3 Å². The van der Waals surface area contributed by atoms with Crippen LogP contribution in [0.15, 0.2) is 18.2 Å². The lowest BCUT2D eigenvalue weighted by molar-refractivity contribution is -0.148. The zero-order valence-electron chi connectivity index (χ0n) is 10.3. The fraction of sp³-hybridized carbons (Fsp3) is 0.462. The Morgan fingerprint density at radius 1 is 1.47 bits per heavy atom. The minimum atomic E-state index is -0.891. The molecule has 0 saturated carbocycles. The van der Waals surface area contributed by atoms with E-state index in [1.165, 1.54) is 0 Å². The van der Waals surface area contributed by atoms with E-state index in [1.54, 1.807) is 26.0 Å². The Morgan fingerprint density at radius 2 is 2.12 bits per heavy atom. The number of aliphatic carboxylic acids is 1. The number of hydrogen-bond donors (Lipinski definition) is 2. The molecule has 1 atom stereocenters. The molecule has 17 heavy (non-hydrogen) atoms. The summed E-state index contributed by atoms with van der Waals surface area (Å²) < 4.78 is 0. The maximum absolute atomic E-state index is 11.3. The van der Waals surface area contributed by atoms with Crippen LogP contribution in [0.5, 0.6) is 5.75 Å². The van der Waals surface area contributed by atoms with Crippen molar-refractivity contribution in [1.82, 2.24) is 0 Å². The molecule has 0 radical (unpaired) electrons. The molecule has 0 aromatic heterocycles. The molecule has 92 valence electrons. The van der Waals surface area contributed by atoms with Crippen molar-refractivity contribution in [2.24, 2.45) is 5.41 Å². The summed E-state index contributed by atoms with van der Waals surface area (Å²) in [5.41, 5.74) is 0.782. The highest BCUT2D eigenvalue weighted by atomic mass is 16.4. The van der Waals surface area contributed by atoms with Crippen LogP contribution in [-0.4, -0.2) is 29.8 Å².